The van der Waals surface area contributed by atoms with Crippen LogP contribution in [0.25, 0.3) is 11.0 Å². The normalized spacial score (nSPS) is 11.1. The van der Waals surface area contributed by atoms with Gasteiger partial charge < -0.3 is 9.88 Å². The number of amides is 1. The molecule has 1 amide bonds. The first-order valence-electron chi connectivity index (χ1n) is 9.12. The van der Waals surface area contributed by atoms with Crippen LogP contribution in [-0.2, 0) is 13.0 Å². The molecule has 0 aliphatic carbocycles. The van der Waals surface area contributed by atoms with Crippen molar-refractivity contribution in [2.75, 3.05) is 6.54 Å². The highest BCUT2D eigenvalue weighted by Crippen LogP contribution is 2.13. The zero-order chi connectivity index (χ0) is 19.5. The lowest BCUT2D eigenvalue weighted by atomic mass is 10.3. The highest BCUT2D eigenvalue weighted by Gasteiger charge is 2.11. The summed E-state index contributed by atoms with van der Waals surface area (Å²) in [6, 6.07) is 11.6. The van der Waals surface area contributed by atoms with Crippen LogP contribution in [0.2, 0.25) is 0 Å². The summed E-state index contributed by atoms with van der Waals surface area (Å²) in [6.45, 7) is 4.89. The van der Waals surface area contributed by atoms with Gasteiger partial charge in [0.2, 0.25) is 0 Å². The van der Waals surface area contributed by atoms with E-state index in [1.54, 1.807) is 12.4 Å². The van der Waals surface area contributed by atoms with Crippen molar-refractivity contribution in [2.24, 2.45) is 0 Å². The molecule has 0 radical (unpaired) electrons. The second kappa shape index (κ2) is 7.59. The molecule has 0 fully saturated rings. The minimum absolute atomic E-state index is 0.220. The Kier molecular flexibility index (Phi) is 4.84. The summed E-state index contributed by atoms with van der Waals surface area (Å²) in [5.41, 5.74) is 5.03. The van der Waals surface area contributed by atoms with Crippen molar-refractivity contribution in [3.63, 3.8) is 0 Å². The van der Waals surface area contributed by atoms with Crippen LogP contribution in [0.4, 0.5) is 0 Å². The van der Waals surface area contributed by atoms with Gasteiger partial charge in [-0.3, -0.25) is 9.89 Å². The van der Waals surface area contributed by atoms with Gasteiger partial charge in [0.1, 0.15) is 11.5 Å². The maximum Gasteiger partial charge on any atom is 0.271 e. The van der Waals surface area contributed by atoms with Gasteiger partial charge in [0.15, 0.2) is 0 Å². The van der Waals surface area contributed by atoms with Crippen LogP contribution >= 0.6 is 0 Å². The smallest absolute Gasteiger partial charge is 0.271 e. The van der Waals surface area contributed by atoms with E-state index in [9.17, 15) is 4.79 Å². The van der Waals surface area contributed by atoms with Gasteiger partial charge in [-0.2, -0.15) is 5.10 Å². The number of hydrogen-bond donors (Lipinski definition) is 2. The molecule has 0 saturated heterocycles. The second-order valence-electron chi connectivity index (χ2n) is 6.71. The molecule has 0 atom stereocenters. The lowest BCUT2D eigenvalue weighted by Crippen LogP contribution is -2.26. The lowest BCUT2D eigenvalue weighted by molar-refractivity contribution is 0.0949. The summed E-state index contributed by atoms with van der Waals surface area (Å²) < 4.78 is 2.02. The maximum absolute atomic E-state index is 12.3. The van der Waals surface area contributed by atoms with Gasteiger partial charge in [-0.05, 0) is 38.1 Å². The average molecular weight is 375 g/mol. The van der Waals surface area contributed by atoms with E-state index < -0.39 is 0 Å². The topological polar surface area (TPSA) is 101 Å². The first kappa shape index (κ1) is 17.8. The number of aromatic amines is 1. The van der Waals surface area contributed by atoms with Crippen molar-refractivity contribution < 1.29 is 4.79 Å². The molecule has 2 N–H and O–H groups in total. The van der Waals surface area contributed by atoms with E-state index in [1.807, 2.05) is 48.7 Å². The highest BCUT2D eigenvalue weighted by molar-refractivity contribution is 5.92. The molecule has 8 heteroatoms. The van der Waals surface area contributed by atoms with Crippen molar-refractivity contribution in [3.05, 3.63) is 71.3 Å². The van der Waals surface area contributed by atoms with E-state index in [-0.39, 0.29) is 5.91 Å². The number of carbonyl (C=O) groups excluding carboxylic acids is 1. The number of hydrogen-bond acceptors (Lipinski definition) is 5. The molecule has 0 bridgehead atoms. The van der Waals surface area contributed by atoms with Crippen molar-refractivity contribution in [2.45, 2.75) is 26.8 Å². The number of nitrogens with zero attached hydrogens (tertiary/aromatic N) is 5. The second-order valence-corrected chi connectivity index (χ2v) is 6.71. The molecule has 0 unspecified atom stereocenters. The Balaban J connectivity index is 1.36. The Morgan fingerprint density at radius 2 is 1.93 bits per heavy atom. The van der Waals surface area contributed by atoms with Crippen LogP contribution in [0.15, 0.2) is 42.7 Å². The molecule has 8 nitrogen and oxygen atoms in total. The predicted octanol–water partition coefficient (Wildman–Crippen LogP) is 2.19. The molecule has 0 aliphatic heterocycles. The summed E-state index contributed by atoms with van der Waals surface area (Å²) in [4.78, 5) is 25.5. The Bertz CT molecular complexity index is 1110. The number of carbonyl (C=O) groups is 1. The van der Waals surface area contributed by atoms with Gasteiger partial charge in [0.05, 0.1) is 29.6 Å². The Labute approximate surface area is 162 Å². The molecule has 0 saturated carbocycles. The largest absolute Gasteiger partial charge is 0.350 e. The Hall–Kier alpha value is -3.55. The number of para-hydroxylation sites is 2. The fourth-order valence-electron chi connectivity index (χ4n) is 3.17. The van der Waals surface area contributed by atoms with Gasteiger partial charge in [-0.1, -0.05) is 12.1 Å². The van der Waals surface area contributed by atoms with Crippen molar-refractivity contribution >= 4 is 16.9 Å². The molecule has 0 aliphatic rings. The standard InChI is InChI=1S/C20H21N7O/c1-13-9-14(2)24-19(23-13)7-8-21-20(28)17-10-15(25-26-17)11-27-12-22-16-5-3-4-6-18(16)27/h3-6,9-10,12H,7-8,11H2,1-2H3,(H,21,28)(H,25,26). The molecule has 1 aromatic carbocycles. The Morgan fingerprint density at radius 1 is 1.14 bits per heavy atom. The molecule has 3 aromatic heterocycles. The highest BCUT2D eigenvalue weighted by atomic mass is 16.1. The van der Waals surface area contributed by atoms with Crippen LogP contribution in [0, 0.1) is 13.8 Å². The number of aryl methyl sites for hydroxylation is 2. The summed E-state index contributed by atoms with van der Waals surface area (Å²) in [5, 5.41) is 9.92. The third-order valence-electron chi connectivity index (χ3n) is 4.39. The quantitative estimate of drug-likeness (QED) is 0.538. The van der Waals surface area contributed by atoms with E-state index in [2.05, 4.69) is 30.5 Å². The van der Waals surface area contributed by atoms with E-state index in [0.29, 0.717) is 25.2 Å². The monoisotopic (exact) mass is 375 g/mol. The van der Waals surface area contributed by atoms with E-state index >= 15 is 0 Å². The first-order chi connectivity index (χ1) is 13.6. The number of nitrogens with one attached hydrogen (secondary N) is 2. The maximum atomic E-state index is 12.3. The fourth-order valence-corrected chi connectivity index (χ4v) is 3.17. The predicted molar refractivity (Wildman–Crippen MR) is 105 cm³/mol. The SMILES string of the molecule is Cc1cc(C)nc(CCNC(=O)c2cc(Cn3cnc4ccccc43)[nH]n2)n1. The van der Waals surface area contributed by atoms with Gasteiger partial charge in [0, 0.05) is 24.4 Å². The number of imidazole rings is 1. The summed E-state index contributed by atoms with van der Waals surface area (Å²) in [7, 11) is 0. The van der Waals surface area contributed by atoms with Gasteiger partial charge in [-0.25, -0.2) is 15.0 Å². The van der Waals surface area contributed by atoms with Gasteiger partial charge >= 0.3 is 0 Å². The first-order valence-corrected chi connectivity index (χ1v) is 9.12. The minimum Gasteiger partial charge on any atom is -0.350 e. The van der Waals surface area contributed by atoms with E-state index in [0.717, 1.165) is 33.9 Å². The lowest BCUT2D eigenvalue weighted by Gasteiger charge is -2.04. The number of aromatic nitrogens is 6. The van der Waals surface area contributed by atoms with Crippen molar-refractivity contribution in [3.8, 4) is 0 Å². The van der Waals surface area contributed by atoms with Crippen molar-refractivity contribution in [1.29, 1.82) is 0 Å². The van der Waals surface area contributed by atoms with E-state index in [1.165, 1.54) is 0 Å². The summed E-state index contributed by atoms with van der Waals surface area (Å²) in [5.74, 6) is 0.509. The zero-order valence-electron chi connectivity index (χ0n) is 15.8. The molecule has 142 valence electrons. The van der Waals surface area contributed by atoms with Crippen LogP contribution in [0.5, 0.6) is 0 Å². The number of benzene rings is 1. The molecular weight excluding hydrogens is 354 g/mol. The summed E-state index contributed by atoms with van der Waals surface area (Å²) in [6.07, 6.45) is 2.36. The minimum atomic E-state index is -0.220. The van der Waals surface area contributed by atoms with Gasteiger partial charge in [-0.15, -0.1) is 0 Å². The van der Waals surface area contributed by atoms with Crippen molar-refractivity contribution in [1.82, 2.24) is 35.0 Å². The van der Waals surface area contributed by atoms with Crippen LogP contribution in [-0.4, -0.2) is 42.2 Å². The number of fused-ring (bicyclic) bond motifs is 1. The van der Waals surface area contributed by atoms with Crippen LogP contribution < -0.4 is 5.32 Å². The number of rotatable bonds is 6. The molecule has 3 heterocycles. The summed E-state index contributed by atoms with van der Waals surface area (Å²) >= 11 is 0. The molecule has 4 aromatic rings. The van der Waals surface area contributed by atoms with Crippen LogP contribution in [0.3, 0.4) is 0 Å². The van der Waals surface area contributed by atoms with E-state index in [4.69, 9.17) is 0 Å². The molecule has 28 heavy (non-hydrogen) atoms. The Morgan fingerprint density at radius 3 is 2.75 bits per heavy atom. The molecular formula is C20H21N7O. The van der Waals surface area contributed by atoms with Gasteiger partial charge in [0.25, 0.3) is 5.91 Å². The third-order valence-corrected chi connectivity index (χ3v) is 4.39. The fraction of sp³-hybridized carbons (Fsp3) is 0.250. The number of H-pyrrole nitrogens is 1. The molecule has 0 spiro atoms. The third kappa shape index (κ3) is 3.90. The average Bonchev–Trinajstić information content (AvgIpc) is 3.29. The zero-order valence-corrected chi connectivity index (χ0v) is 15.8. The van der Waals surface area contributed by atoms with Crippen LogP contribution in [0.1, 0.15) is 33.4 Å². The molecule has 4 rings (SSSR count).